The van der Waals surface area contributed by atoms with Gasteiger partial charge in [0.1, 0.15) is 0 Å². The minimum atomic E-state index is -2.80. The predicted molar refractivity (Wildman–Crippen MR) is 101 cm³/mol. The van der Waals surface area contributed by atoms with Crippen LogP contribution in [0.15, 0.2) is 0 Å². The van der Waals surface area contributed by atoms with Gasteiger partial charge in [0.2, 0.25) is 0 Å². The monoisotopic (exact) mass is 432 g/mol. The Morgan fingerprint density at radius 2 is 1.10 bits per heavy atom. The lowest BCUT2D eigenvalue weighted by molar-refractivity contribution is 0.219. The lowest BCUT2D eigenvalue weighted by Gasteiger charge is -2.16. The molecular formula is C16H34IO3P. The van der Waals surface area contributed by atoms with Crippen molar-refractivity contribution < 1.29 is 13.6 Å². The molecule has 0 bridgehead atoms. The van der Waals surface area contributed by atoms with E-state index in [0.717, 1.165) is 12.8 Å². The van der Waals surface area contributed by atoms with E-state index in [4.69, 9.17) is 9.05 Å². The molecule has 3 nitrogen and oxygen atoms in total. The summed E-state index contributed by atoms with van der Waals surface area (Å²) in [5.41, 5.74) is 0. The maximum Gasteiger partial charge on any atom is 0.330 e. The molecule has 0 amide bonds. The topological polar surface area (TPSA) is 35.5 Å². The van der Waals surface area contributed by atoms with Gasteiger partial charge in [0.05, 0.1) is 19.4 Å². The minimum Gasteiger partial charge on any atom is -0.309 e. The Morgan fingerprint density at radius 1 is 0.714 bits per heavy atom. The Bertz CT molecular complexity index is 252. The zero-order chi connectivity index (χ0) is 15.8. The second kappa shape index (κ2) is 15.8. The molecule has 0 radical (unpaired) electrons. The standard InChI is InChI=1S/C16H34IO3P/c1-3-19-21(18,20-4-2)16-14-12-10-8-6-5-7-9-11-13-15-17/h3-16H2,1-2H3. The molecule has 0 aromatic carbocycles. The maximum absolute atomic E-state index is 12.2. The summed E-state index contributed by atoms with van der Waals surface area (Å²) in [4.78, 5) is 0. The van der Waals surface area contributed by atoms with Crippen LogP contribution in [0.4, 0.5) is 0 Å². The minimum absolute atomic E-state index is 0.467. The van der Waals surface area contributed by atoms with Gasteiger partial charge in [-0.25, -0.2) is 0 Å². The number of halogens is 1. The summed E-state index contributed by atoms with van der Waals surface area (Å²) in [6.45, 7) is 4.67. The normalized spacial score (nSPS) is 12.0. The van der Waals surface area contributed by atoms with Crippen LogP contribution < -0.4 is 0 Å². The third kappa shape index (κ3) is 14.2. The molecular weight excluding hydrogens is 398 g/mol. The first-order valence-electron chi connectivity index (χ1n) is 8.62. The maximum atomic E-state index is 12.2. The number of alkyl halides is 1. The Kier molecular flexibility index (Phi) is 16.4. The van der Waals surface area contributed by atoms with Crippen LogP contribution in [-0.2, 0) is 13.6 Å². The van der Waals surface area contributed by atoms with Gasteiger partial charge in [-0.3, -0.25) is 4.57 Å². The van der Waals surface area contributed by atoms with Crippen molar-refractivity contribution >= 4 is 30.2 Å². The fourth-order valence-corrected chi connectivity index (χ4v) is 4.64. The summed E-state index contributed by atoms with van der Waals surface area (Å²) < 4.78 is 24.1. The zero-order valence-electron chi connectivity index (χ0n) is 13.9. The summed E-state index contributed by atoms with van der Waals surface area (Å²) in [5, 5.41) is 0. The summed E-state index contributed by atoms with van der Waals surface area (Å²) >= 11 is 2.45. The Labute approximate surface area is 145 Å². The second-order valence-electron chi connectivity index (χ2n) is 5.39. The molecule has 0 fully saturated rings. The van der Waals surface area contributed by atoms with Gasteiger partial charge >= 0.3 is 7.60 Å². The third-order valence-electron chi connectivity index (χ3n) is 3.47. The van der Waals surface area contributed by atoms with Gasteiger partial charge in [0, 0.05) is 0 Å². The largest absolute Gasteiger partial charge is 0.330 e. The van der Waals surface area contributed by atoms with Crippen molar-refractivity contribution in [1.82, 2.24) is 0 Å². The molecule has 0 saturated heterocycles. The van der Waals surface area contributed by atoms with Crippen molar-refractivity contribution in [1.29, 1.82) is 0 Å². The van der Waals surface area contributed by atoms with Gasteiger partial charge < -0.3 is 9.05 Å². The Morgan fingerprint density at radius 3 is 1.48 bits per heavy atom. The van der Waals surface area contributed by atoms with Crippen LogP contribution in [-0.4, -0.2) is 23.8 Å². The molecule has 5 heteroatoms. The average molecular weight is 432 g/mol. The van der Waals surface area contributed by atoms with Crippen molar-refractivity contribution in [2.75, 3.05) is 23.8 Å². The summed E-state index contributed by atoms with van der Waals surface area (Å²) in [6.07, 6.45) is 13.5. The molecule has 128 valence electrons. The van der Waals surface area contributed by atoms with E-state index >= 15 is 0 Å². The van der Waals surface area contributed by atoms with Crippen LogP contribution in [0.2, 0.25) is 0 Å². The van der Waals surface area contributed by atoms with Gasteiger partial charge in [-0.1, -0.05) is 74.0 Å². The van der Waals surface area contributed by atoms with E-state index in [1.54, 1.807) is 0 Å². The smallest absolute Gasteiger partial charge is 0.309 e. The first-order chi connectivity index (χ1) is 10.2. The molecule has 0 N–H and O–H groups in total. The van der Waals surface area contributed by atoms with Gasteiger partial charge in [-0.05, 0) is 31.1 Å². The molecule has 0 unspecified atom stereocenters. The average Bonchev–Trinajstić information content (AvgIpc) is 2.45. The number of rotatable bonds is 16. The number of hydrogen-bond acceptors (Lipinski definition) is 3. The molecule has 0 aromatic rings. The van der Waals surface area contributed by atoms with Crippen LogP contribution >= 0.6 is 30.2 Å². The highest BCUT2D eigenvalue weighted by Gasteiger charge is 2.22. The van der Waals surface area contributed by atoms with Crippen molar-refractivity contribution in [2.24, 2.45) is 0 Å². The van der Waals surface area contributed by atoms with Crippen LogP contribution in [0.5, 0.6) is 0 Å². The quantitative estimate of drug-likeness (QED) is 0.120. The van der Waals surface area contributed by atoms with Crippen LogP contribution in [0.1, 0.15) is 78.1 Å². The molecule has 21 heavy (non-hydrogen) atoms. The van der Waals surface area contributed by atoms with Crippen molar-refractivity contribution in [3.8, 4) is 0 Å². The highest BCUT2D eigenvalue weighted by atomic mass is 127. The van der Waals surface area contributed by atoms with Crippen LogP contribution in [0, 0.1) is 0 Å². The number of hydrogen-bond donors (Lipinski definition) is 0. The van der Waals surface area contributed by atoms with Gasteiger partial charge in [0.25, 0.3) is 0 Å². The van der Waals surface area contributed by atoms with Gasteiger partial charge in [-0.2, -0.15) is 0 Å². The Hall–Kier alpha value is 0.880. The first-order valence-corrected chi connectivity index (χ1v) is 11.9. The highest BCUT2D eigenvalue weighted by Crippen LogP contribution is 2.48. The van der Waals surface area contributed by atoms with Crippen molar-refractivity contribution in [2.45, 2.75) is 78.1 Å². The van der Waals surface area contributed by atoms with Crippen molar-refractivity contribution in [3.63, 3.8) is 0 Å². The van der Waals surface area contributed by atoms with Crippen molar-refractivity contribution in [3.05, 3.63) is 0 Å². The van der Waals surface area contributed by atoms with Gasteiger partial charge in [0.15, 0.2) is 0 Å². The molecule has 0 spiro atoms. The van der Waals surface area contributed by atoms with Crippen LogP contribution in [0.25, 0.3) is 0 Å². The molecule has 0 aromatic heterocycles. The van der Waals surface area contributed by atoms with E-state index in [0.29, 0.717) is 19.4 Å². The fraction of sp³-hybridized carbons (Fsp3) is 1.00. The molecule has 0 aliphatic heterocycles. The van der Waals surface area contributed by atoms with E-state index in [2.05, 4.69) is 22.6 Å². The summed E-state index contributed by atoms with van der Waals surface area (Å²) in [7, 11) is -2.80. The molecule has 0 heterocycles. The fourth-order valence-electron chi connectivity index (χ4n) is 2.37. The summed E-state index contributed by atoms with van der Waals surface area (Å²) in [6, 6.07) is 0. The molecule has 0 saturated carbocycles. The molecule has 0 atom stereocenters. The third-order valence-corrected chi connectivity index (χ3v) is 6.40. The van der Waals surface area contributed by atoms with E-state index in [-0.39, 0.29) is 0 Å². The first kappa shape index (κ1) is 21.9. The van der Waals surface area contributed by atoms with E-state index in [1.807, 2.05) is 13.8 Å². The molecule has 0 aliphatic carbocycles. The Balaban J connectivity index is 3.40. The zero-order valence-corrected chi connectivity index (χ0v) is 17.0. The summed E-state index contributed by atoms with van der Waals surface area (Å²) in [5.74, 6) is 0. The number of unbranched alkanes of at least 4 members (excludes halogenated alkanes) is 9. The lowest BCUT2D eigenvalue weighted by atomic mass is 10.1. The molecule has 0 rings (SSSR count). The van der Waals surface area contributed by atoms with Gasteiger partial charge in [-0.15, -0.1) is 0 Å². The second-order valence-corrected chi connectivity index (χ2v) is 8.66. The predicted octanol–water partition coefficient (Wildman–Crippen LogP) is 6.59. The highest BCUT2D eigenvalue weighted by molar-refractivity contribution is 14.1. The molecule has 0 aliphatic rings. The van der Waals surface area contributed by atoms with Crippen LogP contribution in [0.3, 0.4) is 0 Å². The lowest BCUT2D eigenvalue weighted by Crippen LogP contribution is -2.00. The van der Waals surface area contributed by atoms with E-state index in [1.165, 1.54) is 55.8 Å². The van der Waals surface area contributed by atoms with E-state index < -0.39 is 7.60 Å². The van der Waals surface area contributed by atoms with E-state index in [9.17, 15) is 4.57 Å². The SMILES string of the molecule is CCOP(=O)(CCCCCCCCCCCCI)OCC.